The summed E-state index contributed by atoms with van der Waals surface area (Å²) in [5.74, 6) is 0.784. The van der Waals surface area contributed by atoms with E-state index in [0.29, 0.717) is 12.4 Å². The zero-order valence-corrected chi connectivity index (χ0v) is 20.6. The fourth-order valence-corrected chi connectivity index (χ4v) is 4.68. The predicted molar refractivity (Wildman–Crippen MR) is 140 cm³/mol. The van der Waals surface area contributed by atoms with E-state index in [0.717, 1.165) is 40.1 Å². The number of rotatable bonds is 6. The van der Waals surface area contributed by atoms with Crippen molar-refractivity contribution in [1.29, 1.82) is 0 Å². The van der Waals surface area contributed by atoms with Crippen LogP contribution in [-0.4, -0.2) is 65.9 Å². The second-order valence-corrected chi connectivity index (χ2v) is 8.59. The smallest absolute Gasteiger partial charge is 0.323 e. The lowest BCUT2D eigenvalue weighted by Crippen LogP contribution is -2.32. The molecular formula is C26H33N5O5. The molecule has 2 aromatic carbocycles. The number of amidine groups is 1. The van der Waals surface area contributed by atoms with Crippen LogP contribution in [0.1, 0.15) is 25.8 Å². The number of allylic oxidation sites excluding steroid dienone is 2. The molecule has 2 aliphatic rings. The molecule has 0 amide bonds. The maximum atomic E-state index is 11.6. The van der Waals surface area contributed by atoms with E-state index in [9.17, 15) is 9.90 Å². The third-order valence-corrected chi connectivity index (χ3v) is 6.12. The standard InChI is InChI=1S/C26H27N5O2.3H2O/c1-4-23-28-26-22(12-17(2)14-29(26)3)30(23)15-18-10-11-21-20(13-18)27-25(31(21)16-24(32)33)19-8-6-5-7-9-19;;;/h5-14,23H,4,15-16H2,1-3H3,(H,32,33);3*1H2. The van der Waals surface area contributed by atoms with Crippen molar-refractivity contribution in [2.75, 3.05) is 7.05 Å². The van der Waals surface area contributed by atoms with Crippen LogP contribution in [-0.2, 0) is 17.9 Å². The zero-order valence-electron chi connectivity index (χ0n) is 20.6. The second-order valence-electron chi connectivity index (χ2n) is 8.59. The van der Waals surface area contributed by atoms with Crippen molar-refractivity contribution in [2.24, 2.45) is 4.99 Å². The summed E-state index contributed by atoms with van der Waals surface area (Å²) in [6.45, 7) is 4.83. The minimum atomic E-state index is -0.889. The third-order valence-electron chi connectivity index (χ3n) is 6.12. The number of fused-ring (bicyclic) bond motifs is 2. The molecule has 10 heteroatoms. The number of likely N-dealkylation sites (N-methyl/N-ethyl adjacent to an activating group) is 1. The fourth-order valence-electron chi connectivity index (χ4n) is 4.68. The molecule has 3 aromatic rings. The van der Waals surface area contributed by atoms with Crippen molar-refractivity contribution in [1.82, 2.24) is 19.4 Å². The Labute approximate surface area is 209 Å². The van der Waals surface area contributed by atoms with Gasteiger partial charge < -0.3 is 35.9 Å². The lowest BCUT2D eigenvalue weighted by molar-refractivity contribution is -0.137. The first-order valence-corrected chi connectivity index (χ1v) is 11.2. The lowest BCUT2D eigenvalue weighted by atomic mass is 10.1. The van der Waals surface area contributed by atoms with Gasteiger partial charge >= 0.3 is 5.97 Å². The molecule has 7 N–H and O–H groups in total. The SMILES string of the molecule is CCC1N=C2C(=CC(C)=CN2C)N1Cc1ccc2c(c1)nc(-c1ccccc1)n2CC(=O)O.O.O.O. The van der Waals surface area contributed by atoms with Crippen LogP contribution >= 0.6 is 0 Å². The summed E-state index contributed by atoms with van der Waals surface area (Å²) in [6.07, 6.45) is 5.31. The van der Waals surface area contributed by atoms with Crippen molar-refractivity contribution in [2.45, 2.75) is 39.5 Å². The Hall–Kier alpha value is -3.99. The second kappa shape index (κ2) is 11.2. The monoisotopic (exact) mass is 495 g/mol. The fraction of sp³-hybridized carbons (Fsp3) is 0.269. The number of carbonyl (C=O) groups is 1. The van der Waals surface area contributed by atoms with Crippen LogP contribution in [0.2, 0.25) is 0 Å². The number of aliphatic carboxylic acids is 1. The third kappa shape index (κ3) is 5.01. The van der Waals surface area contributed by atoms with Crippen LogP contribution in [0.3, 0.4) is 0 Å². The highest BCUT2D eigenvalue weighted by Crippen LogP contribution is 2.32. The summed E-state index contributed by atoms with van der Waals surface area (Å²) in [7, 11) is 2.04. The molecule has 36 heavy (non-hydrogen) atoms. The summed E-state index contributed by atoms with van der Waals surface area (Å²) in [5.41, 5.74) is 5.98. The Morgan fingerprint density at radius 2 is 1.81 bits per heavy atom. The average molecular weight is 496 g/mol. The molecule has 1 aromatic heterocycles. The Balaban J connectivity index is 0.00000152. The minimum Gasteiger partial charge on any atom is -0.480 e. The van der Waals surface area contributed by atoms with Crippen LogP contribution in [0.5, 0.6) is 0 Å². The summed E-state index contributed by atoms with van der Waals surface area (Å²) in [4.78, 5) is 25.8. The number of aromatic nitrogens is 2. The molecule has 0 saturated carbocycles. The van der Waals surface area contributed by atoms with Gasteiger partial charge in [-0.15, -0.1) is 0 Å². The number of nitrogens with zero attached hydrogens (tertiary/aromatic N) is 5. The summed E-state index contributed by atoms with van der Waals surface area (Å²) in [6, 6.07) is 15.8. The van der Waals surface area contributed by atoms with E-state index in [-0.39, 0.29) is 29.1 Å². The highest BCUT2D eigenvalue weighted by atomic mass is 16.4. The van der Waals surface area contributed by atoms with Gasteiger partial charge in [0, 0.05) is 25.4 Å². The van der Waals surface area contributed by atoms with Gasteiger partial charge in [-0.2, -0.15) is 0 Å². The molecule has 0 fully saturated rings. The van der Waals surface area contributed by atoms with Crippen LogP contribution in [0, 0.1) is 0 Å². The lowest BCUT2D eigenvalue weighted by Gasteiger charge is -2.29. The van der Waals surface area contributed by atoms with E-state index in [4.69, 9.17) is 9.98 Å². The van der Waals surface area contributed by atoms with Gasteiger partial charge in [-0.25, -0.2) is 9.98 Å². The van der Waals surface area contributed by atoms with Gasteiger partial charge in [-0.05, 0) is 42.7 Å². The molecule has 192 valence electrons. The van der Waals surface area contributed by atoms with E-state index < -0.39 is 5.97 Å². The van der Waals surface area contributed by atoms with Crippen molar-refractivity contribution < 1.29 is 26.3 Å². The van der Waals surface area contributed by atoms with E-state index in [1.807, 2.05) is 43.4 Å². The molecule has 1 atom stereocenters. The highest BCUT2D eigenvalue weighted by molar-refractivity contribution is 6.01. The van der Waals surface area contributed by atoms with Gasteiger partial charge in [0.25, 0.3) is 0 Å². The first-order valence-electron chi connectivity index (χ1n) is 11.2. The van der Waals surface area contributed by atoms with Crippen molar-refractivity contribution in [3.63, 3.8) is 0 Å². The van der Waals surface area contributed by atoms with Crippen LogP contribution in [0.15, 0.2) is 77.1 Å². The Kier molecular flexibility index (Phi) is 8.76. The number of carboxylic acids is 1. The molecule has 0 bridgehead atoms. The van der Waals surface area contributed by atoms with Gasteiger partial charge in [0.05, 0.1) is 16.7 Å². The molecule has 5 rings (SSSR count). The minimum absolute atomic E-state index is 0. The number of hydrogen-bond donors (Lipinski definition) is 1. The van der Waals surface area contributed by atoms with Gasteiger partial charge in [0.2, 0.25) is 0 Å². The first-order chi connectivity index (χ1) is 15.9. The van der Waals surface area contributed by atoms with Crippen LogP contribution in [0.25, 0.3) is 22.4 Å². The Morgan fingerprint density at radius 3 is 2.47 bits per heavy atom. The van der Waals surface area contributed by atoms with Gasteiger partial charge in [0.15, 0.2) is 5.84 Å². The van der Waals surface area contributed by atoms with Crippen molar-refractivity contribution >= 4 is 22.8 Å². The topological polar surface area (TPSA) is 168 Å². The molecule has 0 radical (unpaired) electrons. The summed E-state index contributed by atoms with van der Waals surface area (Å²) in [5, 5.41) is 9.49. The predicted octanol–water partition coefficient (Wildman–Crippen LogP) is 2.00. The van der Waals surface area contributed by atoms with Crippen molar-refractivity contribution in [3.8, 4) is 11.4 Å². The molecule has 3 heterocycles. The summed E-state index contributed by atoms with van der Waals surface area (Å²) >= 11 is 0. The average Bonchev–Trinajstić information content (AvgIpc) is 3.32. The highest BCUT2D eigenvalue weighted by Gasteiger charge is 2.33. The number of benzene rings is 2. The normalized spacial score (nSPS) is 16.2. The molecule has 10 nitrogen and oxygen atoms in total. The molecule has 2 aliphatic heterocycles. The van der Waals surface area contributed by atoms with Gasteiger partial charge in [-0.3, -0.25) is 4.79 Å². The van der Waals surface area contributed by atoms with Crippen LogP contribution < -0.4 is 0 Å². The van der Waals surface area contributed by atoms with Crippen molar-refractivity contribution in [3.05, 3.63) is 77.6 Å². The number of aliphatic imine (C=N–C) groups is 1. The molecule has 0 saturated heterocycles. The molecule has 0 aliphatic carbocycles. The summed E-state index contributed by atoms with van der Waals surface area (Å²) < 4.78 is 1.77. The van der Waals surface area contributed by atoms with E-state index >= 15 is 0 Å². The maximum Gasteiger partial charge on any atom is 0.323 e. The van der Waals surface area contributed by atoms with Crippen LogP contribution in [0.4, 0.5) is 0 Å². The molecular weight excluding hydrogens is 462 g/mol. The largest absolute Gasteiger partial charge is 0.480 e. The maximum absolute atomic E-state index is 11.6. The van der Waals surface area contributed by atoms with E-state index in [2.05, 4.69) is 48.1 Å². The number of carboxylic acid groups (broad SMARTS) is 1. The Morgan fingerprint density at radius 1 is 1.08 bits per heavy atom. The van der Waals surface area contributed by atoms with E-state index in [1.54, 1.807) is 4.57 Å². The van der Waals surface area contributed by atoms with E-state index in [1.165, 1.54) is 5.57 Å². The number of imidazole rings is 1. The number of hydrogen-bond acceptors (Lipinski definition) is 5. The molecule has 1 unspecified atom stereocenters. The van der Waals surface area contributed by atoms with Gasteiger partial charge in [0.1, 0.15) is 18.5 Å². The quantitative estimate of drug-likeness (QED) is 0.550. The Bertz CT molecular complexity index is 1330. The van der Waals surface area contributed by atoms with Gasteiger partial charge in [-0.1, -0.05) is 43.3 Å². The first kappa shape index (κ1) is 28.2. The molecule has 0 spiro atoms. The zero-order chi connectivity index (χ0) is 23.1.